The molecule has 0 bridgehead atoms. The van der Waals surface area contributed by atoms with Crippen LogP contribution in [0.4, 0.5) is 8.78 Å². The molecule has 2 heterocycles. The van der Waals surface area contributed by atoms with Crippen molar-refractivity contribution in [3.05, 3.63) is 63.9 Å². The molecule has 2 aromatic rings. The van der Waals surface area contributed by atoms with Crippen LogP contribution in [0.25, 0.3) is 0 Å². The maximum atomic E-state index is 13.7. The summed E-state index contributed by atoms with van der Waals surface area (Å²) in [5, 5.41) is 2.58. The van der Waals surface area contributed by atoms with Crippen LogP contribution in [0.5, 0.6) is 0 Å². The van der Waals surface area contributed by atoms with E-state index in [0.717, 1.165) is 17.0 Å². The van der Waals surface area contributed by atoms with Gasteiger partial charge in [0.1, 0.15) is 11.6 Å². The molecular weight excluding hydrogens is 476 g/mol. The Morgan fingerprint density at radius 1 is 1.03 bits per heavy atom. The molecule has 1 atom stereocenters. The standard InChI is InChI=1S/C20H20BrF2N5O3/c21-14-6-13(10-25-11-14)20(31)28-5-1-4-27(18(28)17(29)26-3-2-24)19(30)12-7-15(22)9-16(23)8-12/h6-11,18H,1-5,24H2,(H,26,29). The summed E-state index contributed by atoms with van der Waals surface area (Å²) in [6.45, 7) is 0.614. The number of amides is 3. The minimum absolute atomic E-state index is 0.123. The van der Waals surface area contributed by atoms with Crippen LogP contribution in [0.15, 0.2) is 41.1 Å². The predicted molar refractivity (Wildman–Crippen MR) is 111 cm³/mol. The van der Waals surface area contributed by atoms with Gasteiger partial charge in [-0.15, -0.1) is 0 Å². The molecule has 0 aliphatic carbocycles. The third-order valence-corrected chi connectivity index (χ3v) is 5.08. The zero-order valence-electron chi connectivity index (χ0n) is 16.4. The number of nitrogens with zero attached hydrogens (tertiary/aromatic N) is 3. The molecule has 1 aliphatic heterocycles. The van der Waals surface area contributed by atoms with Crippen molar-refractivity contribution < 1.29 is 23.2 Å². The van der Waals surface area contributed by atoms with Crippen LogP contribution in [0.3, 0.4) is 0 Å². The number of carbonyl (C=O) groups is 3. The predicted octanol–water partition coefficient (Wildman–Crippen LogP) is 1.51. The number of benzene rings is 1. The lowest BCUT2D eigenvalue weighted by Crippen LogP contribution is -2.63. The van der Waals surface area contributed by atoms with Crippen LogP contribution in [-0.4, -0.2) is 64.9 Å². The molecule has 3 amide bonds. The zero-order chi connectivity index (χ0) is 22.5. The fourth-order valence-electron chi connectivity index (χ4n) is 3.36. The summed E-state index contributed by atoms with van der Waals surface area (Å²) in [4.78, 5) is 45.5. The molecule has 0 radical (unpaired) electrons. The fraction of sp³-hybridized carbons (Fsp3) is 0.300. The molecule has 1 saturated heterocycles. The quantitative estimate of drug-likeness (QED) is 0.653. The van der Waals surface area contributed by atoms with Gasteiger partial charge in [-0.3, -0.25) is 19.4 Å². The number of nitrogens with one attached hydrogen (secondary N) is 1. The van der Waals surface area contributed by atoms with E-state index < -0.39 is 35.5 Å². The largest absolute Gasteiger partial charge is 0.351 e. The number of rotatable bonds is 5. The van der Waals surface area contributed by atoms with Gasteiger partial charge in [0, 0.05) is 54.7 Å². The molecule has 0 saturated carbocycles. The van der Waals surface area contributed by atoms with Gasteiger partial charge in [-0.25, -0.2) is 8.78 Å². The first kappa shape index (κ1) is 22.8. The topological polar surface area (TPSA) is 109 Å². The number of aromatic nitrogens is 1. The Morgan fingerprint density at radius 3 is 2.23 bits per heavy atom. The highest BCUT2D eigenvalue weighted by Crippen LogP contribution is 2.22. The third kappa shape index (κ3) is 5.23. The number of halogens is 3. The Kier molecular flexibility index (Phi) is 7.29. The van der Waals surface area contributed by atoms with Crippen LogP contribution < -0.4 is 11.1 Å². The van der Waals surface area contributed by atoms with E-state index in [4.69, 9.17) is 5.73 Å². The number of nitrogens with two attached hydrogens (primary N) is 1. The van der Waals surface area contributed by atoms with Crippen molar-refractivity contribution >= 4 is 33.7 Å². The van der Waals surface area contributed by atoms with Gasteiger partial charge in [0.25, 0.3) is 17.7 Å². The first-order chi connectivity index (χ1) is 14.8. The van der Waals surface area contributed by atoms with E-state index >= 15 is 0 Å². The molecule has 1 unspecified atom stereocenters. The van der Waals surface area contributed by atoms with Crippen molar-refractivity contribution in [2.75, 3.05) is 26.2 Å². The summed E-state index contributed by atoms with van der Waals surface area (Å²) in [5.41, 5.74) is 5.42. The van der Waals surface area contributed by atoms with E-state index in [1.54, 1.807) is 6.07 Å². The summed E-state index contributed by atoms with van der Waals surface area (Å²) in [5.74, 6) is -3.73. The van der Waals surface area contributed by atoms with Crippen molar-refractivity contribution in [2.24, 2.45) is 5.73 Å². The molecule has 1 fully saturated rings. The second-order valence-electron chi connectivity index (χ2n) is 6.85. The molecule has 1 aliphatic rings. The number of carbonyl (C=O) groups excluding carboxylic acids is 3. The van der Waals surface area contributed by atoms with Crippen molar-refractivity contribution in [3.8, 4) is 0 Å². The van der Waals surface area contributed by atoms with Gasteiger partial charge in [-0.1, -0.05) is 0 Å². The summed E-state index contributed by atoms with van der Waals surface area (Å²) in [7, 11) is 0. The van der Waals surface area contributed by atoms with Crippen molar-refractivity contribution in [1.29, 1.82) is 0 Å². The maximum absolute atomic E-state index is 13.7. The smallest absolute Gasteiger partial charge is 0.263 e. The molecule has 11 heteroatoms. The Hall–Kier alpha value is -2.92. The molecule has 1 aromatic heterocycles. The van der Waals surface area contributed by atoms with Gasteiger partial charge in [0.15, 0.2) is 6.17 Å². The van der Waals surface area contributed by atoms with Crippen molar-refractivity contribution in [3.63, 3.8) is 0 Å². The van der Waals surface area contributed by atoms with Gasteiger partial charge >= 0.3 is 0 Å². The van der Waals surface area contributed by atoms with Gasteiger partial charge in [-0.05, 0) is 40.5 Å². The van der Waals surface area contributed by atoms with Crippen molar-refractivity contribution in [1.82, 2.24) is 20.1 Å². The van der Waals surface area contributed by atoms with Crippen LogP contribution in [0.2, 0.25) is 0 Å². The highest BCUT2D eigenvalue weighted by molar-refractivity contribution is 9.10. The molecule has 0 spiro atoms. The Balaban J connectivity index is 1.98. The van der Waals surface area contributed by atoms with Crippen molar-refractivity contribution in [2.45, 2.75) is 12.6 Å². The van der Waals surface area contributed by atoms with Crippen LogP contribution >= 0.6 is 15.9 Å². The average Bonchev–Trinajstić information content (AvgIpc) is 2.75. The second-order valence-corrected chi connectivity index (χ2v) is 7.77. The lowest BCUT2D eigenvalue weighted by molar-refractivity contribution is -0.132. The summed E-state index contributed by atoms with van der Waals surface area (Å²) in [6.07, 6.45) is 1.92. The lowest BCUT2D eigenvalue weighted by atomic mass is 10.1. The zero-order valence-corrected chi connectivity index (χ0v) is 17.9. The molecular formula is C20H20BrF2N5O3. The maximum Gasteiger partial charge on any atom is 0.263 e. The summed E-state index contributed by atoms with van der Waals surface area (Å²) < 4.78 is 27.9. The van der Waals surface area contributed by atoms with Crippen LogP contribution in [0.1, 0.15) is 27.1 Å². The number of pyridine rings is 1. The molecule has 3 N–H and O–H groups in total. The van der Waals surface area contributed by atoms with E-state index in [1.807, 2.05) is 0 Å². The van der Waals surface area contributed by atoms with Crippen LogP contribution in [-0.2, 0) is 4.79 Å². The second kappa shape index (κ2) is 9.92. The molecule has 1 aromatic carbocycles. The minimum Gasteiger partial charge on any atom is -0.351 e. The summed E-state index contributed by atoms with van der Waals surface area (Å²) >= 11 is 3.25. The summed E-state index contributed by atoms with van der Waals surface area (Å²) in [6, 6.07) is 3.97. The molecule has 8 nitrogen and oxygen atoms in total. The Bertz CT molecular complexity index is 986. The minimum atomic E-state index is -1.31. The average molecular weight is 496 g/mol. The highest BCUT2D eigenvalue weighted by Gasteiger charge is 2.41. The van der Waals surface area contributed by atoms with Gasteiger partial charge in [-0.2, -0.15) is 0 Å². The van der Waals surface area contributed by atoms with E-state index in [0.29, 0.717) is 17.0 Å². The van der Waals surface area contributed by atoms with E-state index in [-0.39, 0.29) is 37.3 Å². The monoisotopic (exact) mass is 495 g/mol. The Morgan fingerprint density at radius 2 is 1.65 bits per heavy atom. The first-order valence-electron chi connectivity index (χ1n) is 9.48. The molecule has 3 rings (SSSR count). The van der Waals surface area contributed by atoms with E-state index in [2.05, 4.69) is 26.2 Å². The molecule has 31 heavy (non-hydrogen) atoms. The normalized spacial score (nSPS) is 16.2. The molecule has 164 valence electrons. The number of hydrogen-bond donors (Lipinski definition) is 2. The fourth-order valence-corrected chi connectivity index (χ4v) is 3.72. The SMILES string of the molecule is NCCNC(=O)C1N(C(=O)c2cc(F)cc(F)c2)CCCN1C(=O)c1cncc(Br)c1. The first-order valence-corrected chi connectivity index (χ1v) is 10.3. The van der Waals surface area contributed by atoms with Gasteiger partial charge in [0.05, 0.1) is 5.56 Å². The van der Waals surface area contributed by atoms with Gasteiger partial charge < -0.3 is 20.9 Å². The highest BCUT2D eigenvalue weighted by atomic mass is 79.9. The third-order valence-electron chi connectivity index (χ3n) is 4.65. The Labute approximate surface area is 185 Å². The van der Waals surface area contributed by atoms with Crippen LogP contribution in [0, 0.1) is 11.6 Å². The lowest BCUT2D eigenvalue weighted by Gasteiger charge is -2.42. The van der Waals surface area contributed by atoms with E-state index in [9.17, 15) is 23.2 Å². The van der Waals surface area contributed by atoms with E-state index in [1.165, 1.54) is 17.3 Å². The van der Waals surface area contributed by atoms with Gasteiger partial charge in [0.2, 0.25) is 0 Å². The number of hydrogen-bond acceptors (Lipinski definition) is 5.